The van der Waals surface area contributed by atoms with Gasteiger partial charge in [-0.05, 0) is 30.7 Å². The molecule has 1 heterocycles. The minimum Gasteiger partial charge on any atom is -0.338 e. The Hall–Kier alpha value is -1.02. The van der Waals surface area contributed by atoms with E-state index < -0.39 is 0 Å². The average Bonchev–Trinajstić information content (AvgIpc) is 2.55. The first-order valence-corrected chi connectivity index (χ1v) is 8.63. The van der Waals surface area contributed by atoms with Gasteiger partial charge in [-0.2, -0.15) is 0 Å². The van der Waals surface area contributed by atoms with E-state index in [1.165, 1.54) is 6.42 Å². The van der Waals surface area contributed by atoms with Gasteiger partial charge in [0.1, 0.15) is 0 Å². The summed E-state index contributed by atoms with van der Waals surface area (Å²) >= 11 is 6.09. The number of carbonyl (C=O) groups is 1. The molecule has 1 aromatic carbocycles. The monoisotopic (exact) mass is 307 g/mol. The molecule has 1 saturated heterocycles. The van der Waals surface area contributed by atoms with Crippen LogP contribution in [0.15, 0.2) is 30.3 Å². The van der Waals surface area contributed by atoms with Crippen LogP contribution in [0.3, 0.4) is 0 Å². The van der Waals surface area contributed by atoms with Gasteiger partial charge < -0.3 is 4.90 Å². The van der Waals surface area contributed by atoms with Crippen LogP contribution in [0.1, 0.15) is 51.0 Å². The summed E-state index contributed by atoms with van der Waals surface area (Å²) < 4.78 is 0. The molecule has 3 atom stereocenters. The highest BCUT2D eigenvalue weighted by Crippen LogP contribution is 2.31. The summed E-state index contributed by atoms with van der Waals surface area (Å²) in [5.41, 5.74) is 1.13. The Bertz CT molecular complexity index is 448. The van der Waals surface area contributed by atoms with E-state index in [1.54, 1.807) is 0 Å². The van der Waals surface area contributed by atoms with Crippen molar-refractivity contribution in [1.82, 2.24) is 4.90 Å². The Morgan fingerprint density at radius 2 is 2.05 bits per heavy atom. The predicted octanol–water partition coefficient (Wildman–Crippen LogP) is 4.44. The first-order chi connectivity index (χ1) is 10.2. The quantitative estimate of drug-likeness (QED) is 0.737. The molecular formula is C18H26ClNO. The Labute approximate surface area is 133 Å². The van der Waals surface area contributed by atoms with Gasteiger partial charge in [0.05, 0.1) is 5.92 Å². The molecule has 0 spiro atoms. The number of nitrogens with zero attached hydrogens (tertiary/aromatic N) is 1. The molecule has 2 nitrogen and oxygen atoms in total. The van der Waals surface area contributed by atoms with E-state index in [9.17, 15) is 4.79 Å². The lowest BCUT2D eigenvalue weighted by atomic mass is 9.83. The fourth-order valence-electron chi connectivity index (χ4n) is 3.24. The van der Waals surface area contributed by atoms with Crippen molar-refractivity contribution in [1.29, 1.82) is 0 Å². The lowest BCUT2D eigenvalue weighted by Gasteiger charge is -2.38. The van der Waals surface area contributed by atoms with Crippen molar-refractivity contribution < 1.29 is 4.79 Å². The van der Waals surface area contributed by atoms with Crippen molar-refractivity contribution in [2.75, 3.05) is 12.4 Å². The number of alkyl halides is 1. The fourth-order valence-corrected chi connectivity index (χ4v) is 3.56. The van der Waals surface area contributed by atoms with E-state index in [-0.39, 0.29) is 17.9 Å². The molecule has 0 bridgehead atoms. The van der Waals surface area contributed by atoms with Gasteiger partial charge in [0.2, 0.25) is 5.91 Å². The molecule has 116 valence electrons. The summed E-state index contributed by atoms with van der Waals surface area (Å²) in [4.78, 5) is 15.2. The van der Waals surface area contributed by atoms with Gasteiger partial charge in [-0.25, -0.2) is 0 Å². The summed E-state index contributed by atoms with van der Waals surface area (Å²) in [5, 5.41) is 0. The number of hydrogen-bond donors (Lipinski definition) is 0. The number of carbonyl (C=O) groups excluding carboxylic acids is 1. The smallest absolute Gasteiger partial charge is 0.230 e. The zero-order valence-electron chi connectivity index (χ0n) is 13.1. The van der Waals surface area contributed by atoms with Crippen LogP contribution in [0.5, 0.6) is 0 Å². The highest BCUT2D eigenvalue weighted by atomic mass is 35.5. The molecule has 3 heteroatoms. The van der Waals surface area contributed by atoms with Gasteiger partial charge in [-0.15, -0.1) is 11.6 Å². The Morgan fingerprint density at radius 3 is 2.67 bits per heavy atom. The molecule has 1 aliphatic heterocycles. The standard InChI is InChI=1S/C18H26ClNO/c1-3-14(2)17(15-9-5-4-6-10-15)18(21)20-12-8-7-11-16(20)13-19/h4-6,9-10,14,16-17H,3,7-8,11-13H2,1-2H3. The second kappa shape index (κ2) is 7.84. The van der Waals surface area contributed by atoms with Gasteiger partial charge in [-0.1, -0.05) is 50.6 Å². The number of piperidine rings is 1. The van der Waals surface area contributed by atoms with E-state index in [0.29, 0.717) is 11.8 Å². The topological polar surface area (TPSA) is 20.3 Å². The third kappa shape index (κ3) is 3.79. The van der Waals surface area contributed by atoms with E-state index in [1.807, 2.05) is 23.1 Å². The molecule has 0 aromatic heterocycles. The average molecular weight is 308 g/mol. The molecule has 0 saturated carbocycles. The first-order valence-electron chi connectivity index (χ1n) is 8.10. The number of likely N-dealkylation sites (tertiary alicyclic amines) is 1. The fraction of sp³-hybridized carbons (Fsp3) is 0.611. The summed E-state index contributed by atoms with van der Waals surface area (Å²) in [6, 6.07) is 10.4. The van der Waals surface area contributed by atoms with Gasteiger partial charge >= 0.3 is 0 Å². The van der Waals surface area contributed by atoms with Crippen molar-refractivity contribution in [2.45, 2.75) is 51.5 Å². The van der Waals surface area contributed by atoms with Crippen molar-refractivity contribution >= 4 is 17.5 Å². The summed E-state index contributed by atoms with van der Waals surface area (Å²) in [5.74, 6) is 1.12. The second-order valence-electron chi connectivity index (χ2n) is 6.11. The summed E-state index contributed by atoms with van der Waals surface area (Å²) in [7, 11) is 0. The third-order valence-electron chi connectivity index (χ3n) is 4.73. The maximum Gasteiger partial charge on any atom is 0.230 e. The van der Waals surface area contributed by atoms with E-state index in [0.717, 1.165) is 31.4 Å². The maximum atomic E-state index is 13.1. The molecule has 1 aromatic rings. The Kier molecular flexibility index (Phi) is 6.10. The minimum absolute atomic E-state index is 0.0417. The zero-order valence-corrected chi connectivity index (χ0v) is 13.9. The highest BCUT2D eigenvalue weighted by molar-refractivity contribution is 6.18. The van der Waals surface area contributed by atoms with Crippen molar-refractivity contribution in [3.63, 3.8) is 0 Å². The molecule has 21 heavy (non-hydrogen) atoms. The third-order valence-corrected chi connectivity index (χ3v) is 5.08. The SMILES string of the molecule is CCC(C)C(C(=O)N1CCCCC1CCl)c1ccccc1. The summed E-state index contributed by atoms with van der Waals surface area (Å²) in [6.07, 6.45) is 4.32. The number of rotatable bonds is 5. The molecule has 0 radical (unpaired) electrons. The van der Waals surface area contributed by atoms with Crippen LogP contribution in [0, 0.1) is 5.92 Å². The molecule has 0 aliphatic carbocycles. The van der Waals surface area contributed by atoms with E-state index in [4.69, 9.17) is 11.6 Å². The van der Waals surface area contributed by atoms with Crippen LogP contribution in [-0.4, -0.2) is 29.3 Å². The molecule has 0 N–H and O–H groups in total. The van der Waals surface area contributed by atoms with Crippen LogP contribution < -0.4 is 0 Å². The predicted molar refractivity (Wildman–Crippen MR) is 88.7 cm³/mol. The van der Waals surface area contributed by atoms with Crippen LogP contribution in [0.25, 0.3) is 0 Å². The van der Waals surface area contributed by atoms with Crippen LogP contribution in [-0.2, 0) is 4.79 Å². The lowest BCUT2D eigenvalue weighted by molar-refractivity contribution is -0.137. The van der Waals surface area contributed by atoms with E-state index in [2.05, 4.69) is 26.0 Å². The molecular weight excluding hydrogens is 282 g/mol. The summed E-state index contributed by atoms with van der Waals surface area (Å²) in [6.45, 7) is 5.19. The number of benzene rings is 1. The van der Waals surface area contributed by atoms with Gasteiger partial charge in [0.15, 0.2) is 0 Å². The van der Waals surface area contributed by atoms with Crippen LogP contribution in [0.4, 0.5) is 0 Å². The van der Waals surface area contributed by atoms with Crippen LogP contribution in [0.2, 0.25) is 0 Å². The molecule has 1 amide bonds. The molecule has 2 rings (SSSR count). The van der Waals surface area contributed by atoms with Crippen molar-refractivity contribution in [2.24, 2.45) is 5.92 Å². The van der Waals surface area contributed by atoms with Gasteiger partial charge in [-0.3, -0.25) is 4.79 Å². The van der Waals surface area contributed by atoms with Gasteiger partial charge in [0, 0.05) is 18.5 Å². The van der Waals surface area contributed by atoms with Crippen molar-refractivity contribution in [3.05, 3.63) is 35.9 Å². The zero-order chi connectivity index (χ0) is 15.2. The number of amides is 1. The van der Waals surface area contributed by atoms with Crippen LogP contribution >= 0.6 is 11.6 Å². The molecule has 1 aliphatic rings. The maximum absolute atomic E-state index is 13.1. The lowest BCUT2D eigenvalue weighted by Crippen LogP contribution is -2.47. The highest BCUT2D eigenvalue weighted by Gasteiger charge is 2.34. The van der Waals surface area contributed by atoms with E-state index >= 15 is 0 Å². The molecule has 3 unspecified atom stereocenters. The second-order valence-corrected chi connectivity index (χ2v) is 6.42. The van der Waals surface area contributed by atoms with Crippen molar-refractivity contribution in [3.8, 4) is 0 Å². The largest absolute Gasteiger partial charge is 0.338 e. The minimum atomic E-state index is -0.0417. The normalized spacial score (nSPS) is 21.9. The van der Waals surface area contributed by atoms with Gasteiger partial charge in [0.25, 0.3) is 0 Å². The Balaban J connectivity index is 2.25. The number of halogens is 1. The first kappa shape index (κ1) is 16.4. The Morgan fingerprint density at radius 1 is 1.33 bits per heavy atom. The number of hydrogen-bond acceptors (Lipinski definition) is 1. The molecule has 1 fully saturated rings.